The van der Waals surface area contributed by atoms with Crippen LogP contribution in [0.25, 0.3) is 0 Å². The molecule has 0 unspecified atom stereocenters. The highest BCUT2D eigenvalue weighted by Crippen LogP contribution is 2.34. The Morgan fingerprint density at radius 3 is 2.23 bits per heavy atom. The highest BCUT2D eigenvalue weighted by Gasteiger charge is 2.37. The van der Waals surface area contributed by atoms with Gasteiger partial charge in [-0.1, -0.05) is 6.07 Å². The lowest BCUT2D eigenvalue weighted by molar-refractivity contribution is -0.138. The lowest BCUT2D eigenvalue weighted by Crippen LogP contribution is -2.29. The van der Waals surface area contributed by atoms with Gasteiger partial charge in [-0.2, -0.15) is 13.2 Å². The summed E-state index contributed by atoms with van der Waals surface area (Å²) in [6.45, 7) is 1.33. The zero-order valence-corrected chi connectivity index (χ0v) is 13.6. The van der Waals surface area contributed by atoms with E-state index in [4.69, 9.17) is 4.74 Å². The molecule has 1 aromatic carbocycles. The van der Waals surface area contributed by atoms with Crippen molar-refractivity contribution in [1.82, 2.24) is 9.97 Å². The first-order chi connectivity index (χ1) is 12.2. The predicted molar refractivity (Wildman–Crippen MR) is 84.5 cm³/mol. The van der Waals surface area contributed by atoms with Crippen molar-refractivity contribution in [3.05, 3.63) is 64.6 Å². The van der Waals surface area contributed by atoms with Crippen molar-refractivity contribution >= 4 is 17.3 Å². The van der Waals surface area contributed by atoms with Gasteiger partial charge in [0.2, 0.25) is 5.78 Å². The summed E-state index contributed by atoms with van der Waals surface area (Å²) in [5, 5.41) is 2.56. The first kappa shape index (κ1) is 17.6. The molecule has 0 saturated heterocycles. The molecular weight excluding hydrogens is 351 g/mol. The summed E-state index contributed by atoms with van der Waals surface area (Å²) in [5.41, 5.74) is -1.48. The first-order valence-corrected chi connectivity index (χ1v) is 7.37. The van der Waals surface area contributed by atoms with E-state index >= 15 is 0 Å². The fourth-order valence-electron chi connectivity index (χ4n) is 2.57. The van der Waals surface area contributed by atoms with Gasteiger partial charge in [-0.05, 0) is 24.6 Å². The second kappa shape index (κ2) is 6.25. The van der Waals surface area contributed by atoms with E-state index < -0.39 is 23.3 Å². The van der Waals surface area contributed by atoms with Crippen LogP contribution in [0.15, 0.2) is 42.0 Å². The number of nitrogens with one attached hydrogen (secondary N) is 1. The van der Waals surface area contributed by atoms with Crippen LogP contribution in [0.2, 0.25) is 0 Å². The molecule has 1 N–H and O–H groups in total. The van der Waals surface area contributed by atoms with Crippen molar-refractivity contribution in [1.29, 1.82) is 0 Å². The third-order valence-corrected chi connectivity index (χ3v) is 3.81. The molecule has 0 aliphatic heterocycles. The van der Waals surface area contributed by atoms with Gasteiger partial charge in [0, 0.05) is 18.1 Å². The highest BCUT2D eigenvalue weighted by atomic mass is 19.4. The lowest BCUT2D eigenvalue weighted by atomic mass is 9.99. The molecule has 134 valence electrons. The van der Waals surface area contributed by atoms with E-state index in [0.717, 1.165) is 6.07 Å². The Bertz CT molecular complexity index is 952. The number of allylic oxidation sites excluding steroid dienone is 2. The van der Waals surface area contributed by atoms with Crippen LogP contribution in [0.4, 0.5) is 18.9 Å². The van der Waals surface area contributed by atoms with Crippen molar-refractivity contribution in [2.75, 3.05) is 12.4 Å². The summed E-state index contributed by atoms with van der Waals surface area (Å²) in [5.74, 6) is -1.71. The summed E-state index contributed by atoms with van der Waals surface area (Å²) in [6.07, 6.45) is -2.05. The summed E-state index contributed by atoms with van der Waals surface area (Å²) in [6, 6.07) is 3.50. The Kier molecular flexibility index (Phi) is 4.23. The molecular formula is C17H12F3N3O3. The van der Waals surface area contributed by atoms with Gasteiger partial charge >= 0.3 is 6.18 Å². The number of carbonyl (C=O) groups excluding carboxylic acids is 2. The molecule has 0 fully saturated rings. The van der Waals surface area contributed by atoms with Gasteiger partial charge in [-0.15, -0.1) is 0 Å². The number of fused-ring (bicyclic) bond motifs is 1. The molecule has 3 rings (SSSR count). The Hall–Kier alpha value is -3.23. The fourth-order valence-corrected chi connectivity index (χ4v) is 2.57. The number of alkyl halides is 3. The molecule has 0 amide bonds. The molecule has 0 bridgehead atoms. The maximum atomic E-state index is 13.1. The van der Waals surface area contributed by atoms with Crippen molar-refractivity contribution in [3.8, 4) is 0 Å². The Labute approximate surface area is 145 Å². The number of benzene rings is 1. The Morgan fingerprint density at radius 2 is 1.65 bits per heavy atom. The summed E-state index contributed by atoms with van der Waals surface area (Å²) in [7, 11) is 1.18. The van der Waals surface area contributed by atoms with Crippen molar-refractivity contribution in [2.24, 2.45) is 0 Å². The number of aryl methyl sites for hydroxylation is 1. The number of anilines is 1. The molecule has 1 aliphatic rings. The van der Waals surface area contributed by atoms with E-state index in [1.54, 1.807) is 0 Å². The van der Waals surface area contributed by atoms with Crippen LogP contribution >= 0.6 is 0 Å². The summed E-state index contributed by atoms with van der Waals surface area (Å²) >= 11 is 0. The molecule has 0 spiro atoms. The number of hydrogen-bond acceptors (Lipinski definition) is 6. The van der Waals surface area contributed by atoms with Gasteiger partial charge in [-0.3, -0.25) is 9.59 Å². The molecule has 26 heavy (non-hydrogen) atoms. The minimum absolute atomic E-state index is 0.0130. The van der Waals surface area contributed by atoms with Crippen LogP contribution in [0.3, 0.4) is 0 Å². The molecule has 1 heterocycles. The highest BCUT2D eigenvalue weighted by molar-refractivity contribution is 6.25. The number of rotatable bonds is 3. The number of aromatic nitrogens is 2. The average molecular weight is 363 g/mol. The number of ether oxygens (including phenoxy) is 1. The second-order valence-corrected chi connectivity index (χ2v) is 5.47. The van der Waals surface area contributed by atoms with Gasteiger partial charge in [0.15, 0.2) is 5.76 Å². The van der Waals surface area contributed by atoms with Gasteiger partial charge < -0.3 is 10.1 Å². The maximum Gasteiger partial charge on any atom is 0.416 e. The maximum absolute atomic E-state index is 13.1. The number of methoxy groups -OCH3 is 1. The number of Topliss-reactive ketones (excluding diaryl/α,β-unsaturated/α-hetero) is 2. The fraction of sp³-hybridized carbons (Fsp3) is 0.176. The van der Waals surface area contributed by atoms with Crippen LogP contribution in [0, 0.1) is 6.92 Å². The Balaban J connectivity index is 2.07. The number of halogens is 3. The quantitative estimate of drug-likeness (QED) is 0.902. The number of ketones is 2. The second-order valence-electron chi connectivity index (χ2n) is 5.47. The van der Waals surface area contributed by atoms with E-state index in [1.807, 2.05) is 0 Å². The van der Waals surface area contributed by atoms with E-state index in [9.17, 15) is 22.8 Å². The van der Waals surface area contributed by atoms with Crippen LogP contribution in [0.1, 0.15) is 32.1 Å². The standard InChI is InChI=1S/C17H12F3N3O3/c1-8-3-4-9(7-10(8)17(18,19)20)23-13-14(24)11-12(22-6-5-21-11)15(25)16(13)26-2/h3-7,23H,1-2H3. The minimum atomic E-state index is -4.55. The molecule has 0 radical (unpaired) electrons. The normalized spacial score (nSPS) is 14.3. The van der Waals surface area contributed by atoms with Crippen molar-refractivity contribution < 1.29 is 27.5 Å². The lowest BCUT2D eigenvalue weighted by Gasteiger charge is -2.20. The number of hydrogen-bond donors (Lipinski definition) is 1. The zero-order valence-electron chi connectivity index (χ0n) is 13.6. The monoisotopic (exact) mass is 363 g/mol. The SMILES string of the molecule is COC1=C(Nc2ccc(C)c(C(F)(F)F)c2)C(=O)c2nccnc2C1=O. The first-order valence-electron chi connectivity index (χ1n) is 7.37. The third-order valence-electron chi connectivity index (χ3n) is 3.81. The van der Waals surface area contributed by atoms with Gasteiger partial charge in [0.1, 0.15) is 17.1 Å². The average Bonchev–Trinajstić information content (AvgIpc) is 2.60. The molecule has 1 aliphatic carbocycles. The number of nitrogens with zero attached hydrogens (tertiary/aromatic N) is 2. The van der Waals surface area contributed by atoms with E-state index in [2.05, 4.69) is 15.3 Å². The van der Waals surface area contributed by atoms with E-state index in [1.165, 1.54) is 38.6 Å². The summed E-state index contributed by atoms with van der Waals surface area (Å²) < 4.78 is 44.2. The number of carbonyl (C=O) groups is 2. The molecule has 6 nitrogen and oxygen atoms in total. The molecule has 1 aromatic heterocycles. The third kappa shape index (κ3) is 2.92. The molecule has 2 aromatic rings. The van der Waals surface area contributed by atoms with Crippen LogP contribution < -0.4 is 5.32 Å². The van der Waals surface area contributed by atoms with Crippen LogP contribution in [-0.2, 0) is 10.9 Å². The molecule has 9 heteroatoms. The van der Waals surface area contributed by atoms with Crippen molar-refractivity contribution in [2.45, 2.75) is 13.1 Å². The van der Waals surface area contributed by atoms with Gasteiger partial charge in [0.05, 0.1) is 12.7 Å². The van der Waals surface area contributed by atoms with Crippen molar-refractivity contribution in [3.63, 3.8) is 0 Å². The summed E-state index contributed by atoms with van der Waals surface area (Å²) in [4.78, 5) is 32.7. The van der Waals surface area contributed by atoms with Gasteiger partial charge in [-0.25, -0.2) is 9.97 Å². The smallest absolute Gasteiger partial charge is 0.416 e. The Morgan fingerprint density at radius 1 is 1.04 bits per heavy atom. The molecule has 0 saturated carbocycles. The van der Waals surface area contributed by atoms with Crippen LogP contribution in [0.5, 0.6) is 0 Å². The minimum Gasteiger partial charge on any atom is -0.491 e. The van der Waals surface area contributed by atoms with Crippen LogP contribution in [-0.4, -0.2) is 28.6 Å². The predicted octanol–water partition coefficient (Wildman–Crippen LogP) is 3.15. The topological polar surface area (TPSA) is 81.2 Å². The zero-order chi connectivity index (χ0) is 19.1. The van der Waals surface area contributed by atoms with E-state index in [0.29, 0.717) is 0 Å². The van der Waals surface area contributed by atoms with Gasteiger partial charge in [0.25, 0.3) is 5.78 Å². The largest absolute Gasteiger partial charge is 0.491 e. The van der Waals surface area contributed by atoms with E-state index in [-0.39, 0.29) is 34.1 Å². The molecule has 0 atom stereocenters.